The summed E-state index contributed by atoms with van der Waals surface area (Å²) in [5.74, 6) is 0.911. The third-order valence-electron chi connectivity index (χ3n) is 6.28. The molecule has 1 saturated heterocycles. The third-order valence-corrected chi connectivity index (χ3v) is 20.9. The largest absolute Gasteiger partial charge is 0.499 e. The molecule has 0 aromatic carbocycles. The van der Waals surface area contributed by atoms with Crippen molar-refractivity contribution in [3.63, 3.8) is 0 Å². The van der Waals surface area contributed by atoms with Crippen molar-refractivity contribution in [3.05, 3.63) is 0 Å². The van der Waals surface area contributed by atoms with Gasteiger partial charge in [0.05, 0.1) is 20.1 Å². The van der Waals surface area contributed by atoms with E-state index in [-0.39, 0.29) is 0 Å². The molecule has 0 saturated carbocycles. The summed E-state index contributed by atoms with van der Waals surface area (Å²) in [5.41, 5.74) is 0. The lowest BCUT2D eigenvalue weighted by molar-refractivity contribution is -0.800. The van der Waals surface area contributed by atoms with Crippen LogP contribution in [0.15, 0.2) is 0 Å². The molecular weight excluding hydrogens is 395 g/mol. The molecule has 3 unspecified atom stereocenters. The van der Waals surface area contributed by atoms with E-state index in [9.17, 15) is 0 Å². The summed E-state index contributed by atoms with van der Waals surface area (Å²) in [6, 6.07) is 4.64. The molecule has 0 aromatic heterocycles. The summed E-state index contributed by atoms with van der Waals surface area (Å²) >= 11 is 0. The molecule has 3 atom stereocenters. The van der Waals surface area contributed by atoms with Crippen LogP contribution in [0.25, 0.3) is 0 Å². The Labute approximate surface area is 167 Å². The highest BCUT2D eigenvalue weighted by Gasteiger charge is 2.44. The maximum absolute atomic E-state index is 6.86. The lowest BCUT2D eigenvalue weighted by Crippen LogP contribution is -2.54. The summed E-state index contributed by atoms with van der Waals surface area (Å²) in [4.78, 5) is 0. The monoisotopic (exact) mass is 438 g/mol. The van der Waals surface area contributed by atoms with Crippen LogP contribution < -0.4 is 0 Å². The van der Waals surface area contributed by atoms with Gasteiger partial charge in [-0.15, -0.1) is 0 Å². The van der Waals surface area contributed by atoms with Crippen molar-refractivity contribution in [2.45, 2.75) is 63.8 Å². The van der Waals surface area contributed by atoms with Crippen LogP contribution >= 0.6 is 0 Å². The number of quaternary nitrogens is 1. The van der Waals surface area contributed by atoms with Crippen LogP contribution in [0.1, 0.15) is 6.92 Å². The topological polar surface area (TPSA) is 36.9 Å². The second-order valence-corrected chi connectivity index (χ2v) is 25.1. The van der Waals surface area contributed by atoms with Gasteiger partial charge in [-0.1, -0.05) is 6.92 Å². The number of hydrogen-bond acceptors (Lipinski definition) is 4. The maximum atomic E-state index is 6.86. The minimum Gasteiger partial charge on any atom is -0.455 e. The SMILES string of the molecule is CO[Si](CC[Si](C)(C)O[Si](C)(C)CC[N+]1(C)CC(C)C[SiH]1C)(OC)OC. The van der Waals surface area contributed by atoms with Gasteiger partial charge in [-0.25, -0.2) is 0 Å². The second kappa shape index (κ2) is 9.44. The Morgan fingerprint density at radius 3 is 1.85 bits per heavy atom. The van der Waals surface area contributed by atoms with Crippen LogP contribution in [0.4, 0.5) is 0 Å². The van der Waals surface area contributed by atoms with Gasteiger partial charge in [0.2, 0.25) is 0 Å². The Kier molecular flexibility index (Phi) is 8.97. The van der Waals surface area contributed by atoms with Crippen LogP contribution in [0.3, 0.4) is 0 Å². The number of hydrogen-bond donors (Lipinski definition) is 0. The van der Waals surface area contributed by atoms with E-state index >= 15 is 0 Å². The fourth-order valence-corrected chi connectivity index (χ4v) is 20.5. The van der Waals surface area contributed by atoms with Gasteiger partial charge in [-0.2, -0.15) is 0 Å². The van der Waals surface area contributed by atoms with E-state index in [1.54, 1.807) is 21.3 Å². The Bertz CT molecular complexity index is 440. The molecule has 0 bridgehead atoms. The normalized spacial score (nSPS) is 27.9. The Morgan fingerprint density at radius 2 is 1.42 bits per heavy atom. The van der Waals surface area contributed by atoms with Crippen LogP contribution in [0.5, 0.6) is 0 Å². The molecule has 0 amide bonds. The van der Waals surface area contributed by atoms with Gasteiger partial charge in [0, 0.05) is 39.3 Å². The Hall–Kier alpha value is 0.668. The van der Waals surface area contributed by atoms with Gasteiger partial charge in [0.1, 0.15) is 0 Å². The molecule has 26 heavy (non-hydrogen) atoms. The van der Waals surface area contributed by atoms with Crippen molar-refractivity contribution in [3.8, 4) is 0 Å². The maximum Gasteiger partial charge on any atom is 0.499 e. The average Bonchev–Trinajstić information content (AvgIpc) is 2.79. The van der Waals surface area contributed by atoms with Crippen LogP contribution in [0.2, 0.25) is 56.9 Å². The smallest absolute Gasteiger partial charge is 0.455 e. The van der Waals surface area contributed by atoms with E-state index in [2.05, 4.69) is 46.7 Å². The van der Waals surface area contributed by atoms with Crippen molar-refractivity contribution < 1.29 is 21.5 Å². The fourth-order valence-electron chi connectivity index (χ4n) is 4.50. The predicted octanol–water partition coefficient (Wildman–Crippen LogP) is 3.74. The van der Waals surface area contributed by atoms with E-state index in [4.69, 9.17) is 17.4 Å². The number of nitrogens with zero attached hydrogens (tertiary/aromatic N) is 1. The lowest BCUT2D eigenvalue weighted by Gasteiger charge is -2.40. The first kappa shape index (κ1) is 24.7. The van der Waals surface area contributed by atoms with Gasteiger partial charge in [0.15, 0.2) is 16.6 Å². The van der Waals surface area contributed by atoms with E-state index < -0.39 is 34.4 Å². The zero-order valence-electron chi connectivity index (χ0n) is 19.0. The summed E-state index contributed by atoms with van der Waals surface area (Å²) < 4.78 is 25.0. The molecule has 1 aliphatic rings. The molecule has 156 valence electrons. The van der Waals surface area contributed by atoms with Gasteiger partial charge >= 0.3 is 8.80 Å². The summed E-state index contributed by atoms with van der Waals surface area (Å²) in [6.45, 7) is 17.2. The highest BCUT2D eigenvalue weighted by Crippen LogP contribution is 2.31. The molecule has 0 aliphatic carbocycles. The van der Waals surface area contributed by atoms with Crippen LogP contribution in [-0.4, -0.2) is 80.0 Å². The molecule has 1 fully saturated rings. The molecule has 1 rings (SSSR count). The minimum absolute atomic E-state index is 0.657. The van der Waals surface area contributed by atoms with Gasteiger partial charge in [-0.05, 0) is 44.8 Å². The van der Waals surface area contributed by atoms with Crippen LogP contribution in [-0.2, 0) is 17.4 Å². The zero-order valence-corrected chi connectivity index (χ0v) is 23.1. The molecular formula is C17H44NO4Si4+. The predicted molar refractivity (Wildman–Crippen MR) is 120 cm³/mol. The molecule has 1 heterocycles. The van der Waals surface area contributed by atoms with Gasteiger partial charge in [-0.3, -0.25) is 0 Å². The molecule has 9 heteroatoms. The van der Waals surface area contributed by atoms with Crippen molar-refractivity contribution >= 4 is 34.4 Å². The number of rotatable bonds is 11. The standard InChI is InChI=1S/C17H44NO4Si4/c1-17-15-18(2,23(6)16-17)11-12-24(7,8)22-25(9,10)13-14-26(19-3,20-4)21-5/h17,23H,11-16H2,1-10H3/q+1. The van der Waals surface area contributed by atoms with Crippen molar-refractivity contribution in [2.75, 3.05) is 41.5 Å². The molecule has 0 N–H and O–H groups in total. The van der Waals surface area contributed by atoms with Crippen LogP contribution in [0, 0.1) is 5.92 Å². The molecule has 0 aromatic rings. The third kappa shape index (κ3) is 6.93. The average molecular weight is 439 g/mol. The Morgan fingerprint density at radius 1 is 0.923 bits per heavy atom. The molecule has 5 nitrogen and oxygen atoms in total. The molecule has 0 spiro atoms. The van der Waals surface area contributed by atoms with Gasteiger partial charge in [0.25, 0.3) is 8.96 Å². The lowest BCUT2D eigenvalue weighted by atomic mass is 10.2. The summed E-state index contributed by atoms with van der Waals surface area (Å²) in [7, 11) is 0.991. The quantitative estimate of drug-likeness (QED) is 0.460. The van der Waals surface area contributed by atoms with E-state index in [0.29, 0.717) is 0 Å². The van der Waals surface area contributed by atoms with Crippen molar-refractivity contribution in [1.82, 2.24) is 0 Å². The summed E-state index contributed by atoms with van der Waals surface area (Å²) in [5, 5.41) is 0. The summed E-state index contributed by atoms with van der Waals surface area (Å²) in [6.07, 6.45) is 0. The molecule has 1 aliphatic heterocycles. The Balaban J connectivity index is 2.61. The second-order valence-electron chi connectivity index (χ2n) is 9.74. The highest BCUT2D eigenvalue weighted by molar-refractivity contribution is 6.85. The van der Waals surface area contributed by atoms with E-state index in [1.165, 1.54) is 29.3 Å². The minimum atomic E-state index is -2.50. The van der Waals surface area contributed by atoms with Crippen molar-refractivity contribution in [2.24, 2.45) is 5.92 Å². The van der Waals surface area contributed by atoms with Gasteiger partial charge < -0.3 is 21.5 Å². The van der Waals surface area contributed by atoms with Crippen molar-refractivity contribution in [1.29, 1.82) is 0 Å². The molecule has 0 radical (unpaired) electrons. The first-order valence-electron chi connectivity index (χ1n) is 10.0. The zero-order chi connectivity index (χ0) is 20.2. The van der Waals surface area contributed by atoms with E-state index in [0.717, 1.165) is 18.0 Å². The first-order valence-corrected chi connectivity index (χ1v) is 20.7. The highest BCUT2D eigenvalue weighted by atomic mass is 28.4. The van der Waals surface area contributed by atoms with E-state index in [1.807, 2.05) is 0 Å². The first-order chi connectivity index (χ1) is 11.8. The fraction of sp³-hybridized carbons (Fsp3) is 1.00.